The average Bonchev–Trinajstić information content (AvgIpc) is 2.41. The summed E-state index contributed by atoms with van der Waals surface area (Å²) >= 11 is 6.89. The second-order valence-electron chi connectivity index (χ2n) is 4.55. The maximum Gasteiger partial charge on any atom is 0.255 e. The number of hydrogen-bond acceptors (Lipinski definition) is 3. The van der Waals surface area contributed by atoms with Crippen molar-refractivity contribution in [3.63, 3.8) is 0 Å². The third-order valence-corrected chi connectivity index (χ3v) is 4.10. The summed E-state index contributed by atoms with van der Waals surface area (Å²) in [5.41, 5.74) is 8.43. The van der Waals surface area contributed by atoms with E-state index in [1.54, 1.807) is 18.2 Å². The van der Waals surface area contributed by atoms with Gasteiger partial charge in [-0.05, 0) is 68.6 Å². The molecule has 110 valence electrons. The number of ether oxygens (including phenoxy) is 1. The van der Waals surface area contributed by atoms with Crippen LogP contribution in [0.4, 0.5) is 11.4 Å². The highest BCUT2D eigenvalue weighted by Crippen LogP contribution is 2.33. The molecule has 1 amide bonds. The zero-order chi connectivity index (χ0) is 15.6. The number of carbonyl (C=O) groups excluding carboxylic acids is 1. The summed E-state index contributed by atoms with van der Waals surface area (Å²) in [6, 6.07) is 8.77. The summed E-state index contributed by atoms with van der Waals surface area (Å²) in [6.07, 6.45) is 0. The number of rotatable bonds is 3. The molecule has 0 aliphatic carbocycles. The van der Waals surface area contributed by atoms with Gasteiger partial charge in [0, 0.05) is 26.3 Å². The molecule has 0 bridgehead atoms. The maximum absolute atomic E-state index is 12.4. The molecule has 0 saturated carbocycles. The molecule has 3 N–H and O–H groups in total. The largest absolute Gasteiger partial charge is 0.497 e. The maximum atomic E-state index is 12.4. The SMILES string of the molecule is COc1cc(N)cc(C(=O)Nc2c(Br)cc(C)cc2Br)c1. The highest BCUT2D eigenvalue weighted by molar-refractivity contribution is 9.11. The molecule has 0 saturated heterocycles. The number of methoxy groups -OCH3 is 1. The van der Waals surface area contributed by atoms with Gasteiger partial charge in [-0.1, -0.05) is 0 Å². The van der Waals surface area contributed by atoms with Crippen LogP contribution in [0.5, 0.6) is 5.75 Å². The van der Waals surface area contributed by atoms with Crippen LogP contribution in [0.3, 0.4) is 0 Å². The molecular weight excluding hydrogens is 400 g/mol. The normalized spacial score (nSPS) is 10.3. The Balaban J connectivity index is 2.32. The van der Waals surface area contributed by atoms with E-state index in [4.69, 9.17) is 10.5 Å². The zero-order valence-corrected chi connectivity index (χ0v) is 14.7. The standard InChI is InChI=1S/C15H14Br2N2O2/c1-8-3-12(16)14(13(17)4-8)19-15(20)9-5-10(18)7-11(6-9)21-2/h3-7H,18H2,1-2H3,(H,19,20). The lowest BCUT2D eigenvalue weighted by molar-refractivity contribution is 0.102. The lowest BCUT2D eigenvalue weighted by Crippen LogP contribution is -2.13. The number of halogens is 2. The quantitative estimate of drug-likeness (QED) is 0.734. The molecule has 0 aromatic heterocycles. The van der Waals surface area contributed by atoms with Crippen molar-refractivity contribution in [2.75, 3.05) is 18.2 Å². The highest BCUT2D eigenvalue weighted by atomic mass is 79.9. The number of benzene rings is 2. The first kappa shape index (κ1) is 15.9. The predicted octanol–water partition coefficient (Wildman–Crippen LogP) is 4.36. The van der Waals surface area contributed by atoms with Crippen molar-refractivity contribution in [3.05, 3.63) is 50.4 Å². The van der Waals surface area contributed by atoms with Crippen LogP contribution >= 0.6 is 31.9 Å². The van der Waals surface area contributed by atoms with Crippen LogP contribution in [0.2, 0.25) is 0 Å². The Hall–Kier alpha value is -1.53. The number of amides is 1. The molecule has 0 atom stereocenters. The van der Waals surface area contributed by atoms with Crippen molar-refractivity contribution in [2.45, 2.75) is 6.92 Å². The van der Waals surface area contributed by atoms with E-state index >= 15 is 0 Å². The van der Waals surface area contributed by atoms with Crippen LogP contribution in [0, 0.1) is 6.92 Å². The molecule has 0 spiro atoms. The Morgan fingerprint density at radius 2 is 1.76 bits per heavy atom. The molecule has 6 heteroatoms. The zero-order valence-electron chi connectivity index (χ0n) is 11.5. The Morgan fingerprint density at radius 3 is 2.33 bits per heavy atom. The number of nitrogens with two attached hydrogens (primary N) is 1. The summed E-state index contributed by atoms with van der Waals surface area (Å²) in [5, 5.41) is 2.86. The van der Waals surface area contributed by atoms with E-state index in [9.17, 15) is 4.79 Å². The summed E-state index contributed by atoms with van der Waals surface area (Å²) < 4.78 is 6.73. The fourth-order valence-electron chi connectivity index (χ4n) is 1.88. The molecule has 0 fully saturated rings. The molecule has 4 nitrogen and oxygen atoms in total. The van der Waals surface area contributed by atoms with Crippen molar-refractivity contribution < 1.29 is 9.53 Å². The second-order valence-corrected chi connectivity index (χ2v) is 6.26. The summed E-state index contributed by atoms with van der Waals surface area (Å²) in [4.78, 5) is 12.4. The van der Waals surface area contributed by atoms with E-state index in [1.165, 1.54) is 7.11 Å². The number of anilines is 2. The molecule has 2 aromatic rings. The Morgan fingerprint density at radius 1 is 1.14 bits per heavy atom. The Labute approximate surface area is 139 Å². The summed E-state index contributed by atoms with van der Waals surface area (Å²) in [6.45, 7) is 1.98. The molecule has 0 radical (unpaired) electrons. The van der Waals surface area contributed by atoms with E-state index in [0.717, 1.165) is 14.5 Å². The molecule has 21 heavy (non-hydrogen) atoms. The smallest absolute Gasteiger partial charge is 0.255 e. The lowest BCUT2D eigenvalue weighted by atomic mass is 10.1. The van der Waals surface area contributed by atoms with Gasteiger partial charge in [0.25, 0.3) is 5.91 Å². The van der Waals surface area contributed by atoms with Crippen LogP contribution in [-0.4, -0.2) is 13.0 Å². The van der Waals surface area contributed by atoms with Crippen molar-refractivity contribution in [1.29, 1.82) is 0 Å². The van der Waals surface area contributed by atoms with Gasteiger partial charge < -0.3 is 15.8 Å². The molecule has 0 aliphatic heterocycles. The van der Waals surface area contributed by atoms with Gasteiger partial charge in [0.2, 0.25) is 0 Å². The first-order valence-corrected chi connectivity index (χ1v) is 7.71. The monoisotopic (exact) mass is 412 g/mol. The van der Waals surface area contributed by atoms with E-state index in [0.29, 0.717) is 22.7 Å². The van der Waals surface area contributed by atoms with Crippen LogP contribution in [-0.2, 0) is 0 Å². The molecule has 0 unspecified atom stereocenters. The van der Waals surface area contributed by atoms with Crippen molar-refractivity contribution in [2.24, 2.45) is 0 Å². The van der Waals surface area contributed by atoms with Crippen molar-refractivity contribution in [3.8, 4) is 5.75 Å². The van der Waals surface area contributed by atoms with E-state index in [1.807, 2.05) is 19.1 Å². The summed E-state index contributed by atoms with van der Waals surface area (Å²) in [7, 11) is 1.53. The van der Waals surface area contributed by atoms with Gasteiger partial charge in [-0.15, -0.1) is 0 Å². The van der Waals surface area contributed by atoms with Gasteiger partial charge in [-0.3, -0.25) is 4.79 Å². The fraction of sp³-hybridized carbons (Fsp3) is 0.133. The number of aryl methyl sites for hydroxylation is 1. The lowest BCUT2D eigenvalue weighted by Gasteiger charge is -2.12. The van der Waals surface area contributed by atoms with Gasteiger partial charge in [-0.2, -0.15) is 0 Å². The molecule has 0 heterocycles. The average molecular weight is 414 g/mol. The van der Waals surface area contributed by atoms with Crippen LogP contribution < -0.4 is 15.8 Å². The van der Waals surface area contributed by atoms with Gasteiger partial charge in [0.05, 0.1) is 12.8 Å². The first-order valence-electron chi connectivity index (χ1n) is 6.12. The Kier molecular flexibility index (Phi) is 4.90. The number of hydrogen-bond donors (Lipinski definition) is 2. The number of nitrogens with one attached hydrogen (secondary N) is 1. The first-order chi connectivity index (χ1) is 9.90. The van der Waals surface area contributed by atoms with E-state index < -0.39 is 0 Å². The fourth-order valence-corrected chi connectivity index (χ4v) is 3.49. The molecule has 0 aliphatic rings. The van der Waals surface area contributed by atoms with Crippen LogP contribution in [0.25, 0.3) is 0 Å². The minimum absolute atomic E-state index is 0.258. The van der Waals surface area contributed by atoms with E-state index in [-0.39, 0.29) is 5.91 Å². The third kappa shape index (κ3) is 3.77. The minimum Gasteiger partial charge on any atom is -0.497 e. The molecule has 2 aromatic carbocycles. The van der Waals surface area contributed by atoms with Gasteiger partial charge in [0.1, 0.15) is 5.75 Å². The second kappa shape index (κ2) is 6.49. The number of nitrogen functional groups attached to an aromatic ring is 1. The van der Waals surface area contributed by atoms with Crippen molar-refractivity contribution >= 4 is 49.1 Å². The van der Waals surface area contributed by atoms with Gasteiger partial charge in [0.15, 0.2) is 0 Å². The van der Waals surface area contributed by atoms with Gasteiger partial charge >= 0.3 is 0 Å². The van der Waals surface area contributed by atoms with Crippen molar-refractivity contribution in [1.82, 2.24) is 0 Å². The van der Waals surface area contributed by atoms with Crippen LogP contribution in [0.1, 0.15) is 15.9 Å². The predicted molar refractivity (Wildman–Crippen MR) is 91.9 cm³/mol. The van der Waals surface area contributed by atoms with Crippen LogP contribution in [0.15, 0.2) is 39.3 Å². The minimum atomic E-state index is -0.258. The Bertz CT molecular complexity index is 679. The number of carbonyl (C=O) groups is 1. The topological polar surface area (TPSA) is 64.3 Å². The highest BCUT2D eigenvalue weighted by Gasteiger charge is 2.13. The van der Waals surface area contributed by atoms with Gasteiger partial charge in [-0.25, -0.2) is 0 Å². The van der Waals surface area contributed by atoms with E-state index in [2.05, 4.69) is 37.2 Å². The molecule has 2 rings (SSSR count). The molecular formula is C15H14Br2N2O2. The third-order valence-electron chi connectivity index (χ3n) is 2.85. The summed E-state index contributed by atoms with van der Waals surface area (Å²) in [5.74, 6) is 0.285.